The normalized spacial score (nSPS) is 10.9. The Labute approximate surface area is 123 Å². The van der Waals surface area contributed by atoms with Crippen LogP contribution in [0.4, 0.5) is 18.9 Å². The second-order valence-corrected chi connectivity index (χ2v) is 4.65. The van der Waals surface area contributed by atoms with Gasteiger partial charge in [-0.25, -0.2) is 0 Å². The minimum atomic E-state index is -4.54. The third kappa shape index (κ3) is 5.03. The summed E-state index contributed by atoms with van der Waals surface area (Å²) in [4.78, 5) is 22.9. The van der Waals surface area contributed by atoms with Crippen molar-refractivity contribution < 1.29 is 22.8 Å². The zero-order valence-electron chi connectivity index (χ0n) is 10.9. The molecule has 114 valence electrons. The van der Waals surface area contributed by atoms with Crippen LogP contribution in [-0.2, 0) is 15.8 Å². The van der Waals surface area contributed by atoms with Gasteiger partial charge in [0.25, 0.3) is 0 Å². The molecule has 21 heavy (non-hydrogen) atoms. The molecule has 1 rings (SSSR count). The van der Waals surface area contributed by atoms with Crippen LogP contribution in [0.25, 0.3) is 0 Å². The number of hydrogen-bond donors (Lipinski definition) is 3. The molecule has 0 aliphatic carbocycles. The Kier molecular flexibility index (Phi) is 5.25. The first-order chi connectivity index (χ1) is 9.61. The van der Waals surface area contributed by atoms with E-state index in [1.165, 1.54) is 13.0 Å². The average molecular weight is 319 g/mol. The first kappa shape index (κ1) is 16.9. The van der Waals surface area contributed by atoms with Gasteiger partial charge in [0, 0.05) is 5.69 Å². The quantitative estimate of drug-likeness (QED) is 0.580. The van der Waals surface area contributed by atoms with Gasteiger partial charge in [0.15, 0.2) is 0 Å². The molecule has 0 bridgehead atoms. The summed E-state index contributed by atoms with van der Waals surface area (Å²) >= 11 is 4.52. The van der Waals surface area contributed by atoms with Crippen LogP contribution in [0.5, 0.6) is 0 Å². The smallest absolute Gasteiger partial charge is 0.392 e. The van der Waals surface area contributed by atoms with Gasteiger partial charge in [-0.2, -0.15) is 13.2 Å². The largest absolute Gasteiger partial charge is 0.416 e. The summed E-state index contributed by atoms with van der Waals surface area (Å²) in [5.74, 6) is -2.15. The fourth-order valence-electron chi connectivity index (χ4n) is 1.36. The average Bonchev–Trinajstić information content (AvgIpc) is 2.36. The highest BCUT2D eigenvalue weighted by Crippen LogP contribution is 2.31. The lowest BCUT2D eigenvalue weighted by atomic mass is 10.1. The van der Waals surface area contributed by atoms with Crippen LogP contribution >= 0.6 is 12.2 Å². The van der Waals surface area contributed by atoms with Gasteiger partial charge in [0.1, 0.15) is 0 Å². The molecule has 0 aromatic heterocycles. The van der Waals surface area contributed by atoms with E-state index in [1.54, 1.807) is 0 Å². The number of aryl methyl sites for hydroxylation is 1. The molecule has 0 heterocycles. The van der Waals surface area contributed by atoms with Gasteiger partial charge in [-0.3, -0.25) is 9.59 Å². The Hall–Kier alpha value is -2.16. The van der Waals surface area contributed by atoms with Gasteiger partial charge < -0.3 is 16.4 Å². The maximum absolute atomic E-state index is 12.6. The lowest BCUT2D eigenvalue weighted by molar-refractivity contribution is -0.137. The molecule has 0 radical (unpaired) electrons. The zero-order chi connectivity index (χ0) is 16.2. The Morgan fingerprint density at radius 1 is 1.29 bits per heavy atom. The number of benzene rings is 1. The third-order valence-corrected chi connectivity index (χ3v) is 2.59. The summed E-state index contributed by atoms with van der Waals surface area (Å²) < 4.78 is 37.8. The van der Waals surface area contributed by atoms with Crippen molar-refractivity contribution in [2.75, 3.05) is 11.9 Å². The van der Waals surface area contributed by atoms with E-state index in [0.717, 1.165) is 12.1 Å². The predicted molar refractivity (Wildman–Crippen MR) is 74.6 cm³/mol. The second-order valence-electron chi connectivity index (χ2n) is 4.13. The number of nitrogens with two attached hydrogens (primary N) is 1. The molecule has 9 heteroatoms. The first-order valence-electron chi connectivity index (χ1n) is 5.66. The number of carbonyl (C=O) groups excluding carboxylic acids is 2. The number of thiocarbonyl (C=S) groups is 1. The zero-order valence-corrected chi connectivity index (χ0v) is 11.7. The molecule has 0 saturated heterocycles. The minimum absolute atomic E-state index is 0.0219. The van der Waals surface area contributed by atoms with Crippen molar-refractivity contribution in [3.05, 3.63) is 29.3 Å². The summed E-state index contributed by atoms with van der Waals surface area (Å²) in [6.07, 6.45) is -4.54. The van der Waals surface area contributed by atoms with Crippen molar-refractivity contribution >= 4 is 34.7 Å². The van der Waals surface area contributed by atoms with Crippen LogP contribution in [-0.4, -0.2) is 23.3 Å². The molecule has 0 saturated carbocycles. The number of alkyl halides is 3. The van der Waals surface area contributed by atoms with Crippen molar-refractivity contribution in [2.24, 2.45) is 5.73 Å². The molecule has 0 spiro atoms. The van der Waals surface area contributed by atoms with E-state index in [9.17, 15) is 22.8 Å². The molecular weight excluding hydrogens is 307 g/mol. The topological polar surface area (TPSA) is 84.2 Å². The van der Waals surface area contributed by atoms with Crippen molar-refractivity contribution in [1.82, 2.24) is 5.32 Å². The number of amides is 2. The summed E-state index contributed by atoms with van der Waals surface area (Å²) in [6.45, 7) is 1.33. The van der Waals surface area contributed by atoms with Crippen LogP contribution in [0.3, 0.4) is 0 Å². The van der Waals surface area contributed by atoms with Crippen LogP contribution in [0, 0.1) is 6.92 Å². The fourth-order valence-corrected chi connectivity index (χ4v) is 1.43. The predicted octanol–water partition coefficient (Wildman–Crippen LogP) is 1.35. The van der Waals surface area contributed by atoms with Crippen LogP contribution in [0.15, 0.2) is 18.2 Å². The Balaban J connectivity index is 2.85. The molecule has 0 fully saturated rings. The van der Waals surface area contributed by atoms with Crippen molar-refractivity contribution in [3.8, 4) is 0 Å². The molecule has 1 aromatic rings. The number of nitrogens with one attached hydrogen (secondary N) is 2. The molecule has 0 unspecified atom stereocenters. The van der Waals surface area contributed by atoms with Crippen molar-refractivity contribution in [1.29, 1.82) is 0 Å². The number of anilines is 1. The highest BCUT2D eigenvalue weighted by molar-refractivity contribution is 7.80. The Bertz CT molecular complexity index is 588. The molecule has 0 aliphatic heterocycles. The Morgan fingerprint density at radius 3 is 2.43 bits per heavy atom. The number of hydrogen-bond acceptors (Lipinski definition) is 3. The summed E-state index contributed by atoms with van der Waals surface area (Å²) in [7, 11) is 0. The van der Waals surface area contributed by atoms with Gasteiger partial charge in [-0.1, -0.05) is 18.3 Å². The van der Waals surface area contributed by atoms with Crippen LogP contribution < -0.4 is 16.4 Å². The summed E-state index contributed by atoms with van der Waals surface area (Å²) in [5.41, 5.74) is 4.51. The molecule has 0 atom stereocenters. The molecule has 1 aromatic carbocycles. The molecular formula is C12H12F3N3O2S. The highest BCUT2D eigenvalue weighted by atomic mass is 32.1. The highest BCUT2D eigenvalue weighted by Gasteiger charge is 2.31. The van der Waals surface area contributed by atoms with Gasteiger partial charge in [-0.05, 0) is 24.6 Å². The first-order valence-corrected chi connectivity index (χ1v) is 6.07. The van der Waals surface area contributed by atoms with Crippen LogP contribution in [0.1, 0.15) is 11.1 Å². The molecule has 5 nitrogen and oxygen atoms in total. The van der Waals surface area contributed by atoms with E-state index in [4.69, 9.17) is 5.73 Å². The summed E-state index contributed by atoms with van der Waals surface area (Å²) in [5, 5.41) is 4.24. The van der Waals surface area contributed by atoms with Gasteiger partial charge >= 0.3 is 18.0 Å². The number of rotatable bonds is 3. The molecule has 4 N–H and O–H groups in total. The second kappa shape index (κ2) is 6.53. The van der Waals surface area contributed by atoms with E-state index in [0.29, 0.717) is 5.56 Å². The lowest BCUT2D eigenvalue weighted by Crippen LogP contribution is -2.39. The third-order valence-electron chi connectivity index (χ3n) is 2.44. The van der Waals surface area contributed by atoms with E-state index < -0.39 is 23.6 Å². The van der Waals surface area contributed by atoms with Gasteiger partial charge in [0.05, 0.1) is 17.1 Å². The Morgan fingerprint density at radius 2 is 1.90 bits per heavy atom. The van der Waals surface area contributed by atoms with E-state index in [1.807, 2.05) is 0 Å². The SMILES string of the molecule is Cc1ccc(C(F)(F)F)cc1NC(=O)C(=O)NCC(N)=S. The maximum atomic E-state index is 12.6. The van der Waals surface area contributed by atoms with Gasteiger partial charge in [-0.15, -0.1) is 0 Å². The standard InChI is InChI=1S/C12H12F3N3O2S/c1-6-2-3-7(12(13,14)15)4-8(6)18-11(20)10(19)17-5-9(16)21/h2-4H,5H2,1H3,(H2,16,21)(H,17,19)(H,18,20). The molecule has 0 aliphatic rings. The molecule has 2 amide bonds. The summed E-state index contributed by atoms with van der Waals surface area (Å²) in [6, 6.07) is 2.84. The number of halogens is 3. The maximum Gasteiger partial charge on any atom is 0.416 e. The fraction of sp³-hybridized carbons (Fsp3) is 0.250. The minimum Gasteiger partial charge on any atom is -0.392 e. The van der Waals surface area contributed by atoms with Crippen LogP contribution in [0.2, 0.25) is 0 Å². The van der Waals surface area contributed by atoms with Gasteiger partial charge in [0.2, 0.25) is 0 Å². The van der Waals surface area contributed by atoms with Crippen molar-refractivity contribution in [2.45, 2.75) is 13.1 Å². The van der Waals surface area contributed by atoms with E-state index >= 15 is 0 Å². The van der Waals surface area contributed by atoms with E-state index in [-0.39, 0.29) is 17.2 Å². The van der Waals surface area contributed by atoms with E-state index in [2.05, 4.69) is 22.9 Å². The monoisotopic (exact) mass is 319 g/mol. The number of carbonyl (C=O) groups is 2. The lowest BCUT2D eigenvalue weighted by Gasteiger charge is -2.12. The van der Waals surface area contributed by atoms with Crippen molar-refractivity contribution in [3.63, 3.8) is 0 Å².